The number of rotatable bonds is 1. The van der Waals surface area contributed by atoms with E-state index in [9.17, 15) is 5.11 Å². The third kappa shape index (κ3) is 2.44. The predicted octanol–water partition coefficient (Wildman–Crippen LogP) is 3.95. The SMILES string of the molecule is CC(C)(C)Nc1cc2c(cc1O)[C@]13CCCC[C@@H]1[C@H](C2)NCC3. The minimum absolute atomic E-state index is 0.0415. The van der Waals surface area contributed by atoms with E-state index in [0.29, 0.717) is 17.2 Å². The van der Waals surface area contributed by atoms with E-state index in [1.807, 2.05) is 0 Å². The minimum Gasteiger partial charge on any atom is -0.506 e. The zero-order valence-electron chi connectivity index (χ0n) is 14.7. The van der Waals surface area contributed by atoms with Gasteiger partial charge in [-0.2, -0.15) is 0 Å². The molecule has 0 spiro atoms. The standard InChI is InChI=1S/C20H30N2O/c1-19(2,3)22-17-11-13-10-16-14-6-4-5-7-20(14,8-9-21-16)15(13)12-18(17)23/h11-12,14,16,21-23H,4-10H2,1-3H3/t14-,16+,20+/m1/s1. The molecule has 4 rings (SSSR count). The lowest BCUT2D eigenvalue weighted by atomic mass is 9.53. The molecule has 2 bridgehead atoms. The number of hydrogen-bond donors (Lipinski definition) is 3. The van der Waals surface area contributed by atoms with Gasteiger partial charge in [-0.15, -0.1) is 0 Å². The molecule has 0 unspecified atom stereocenters. The predicted molar refractivity (Wildman–Crippen MR) is 95.2 cm³/mol. The van der Waals surface area contributed by atoms with Crippen LogP contribution in [-0.2, 0) is 11.8 Å². The molecule has 1 saturated heterocycles. The fourth-order valence-corrected chi connectivity index (χ4v) is 5.48. The maximum atomic E-state index is 10.6. The lowest BCUT2D eigenvalue weighted by Crippen LogP contribution is -2.59. The van der Waals surface area contributed by atoms with Crippen LogP contribution in [0.25, 0.3) is 0 Å². The first-order chi connectivity index (χ1) is 10.9. The Morgan fingerprint density at radius 1 is 1.22 bits per heavy atom. The lowest BCUT2D eigenvalue weighted by molar-refractivity contribution is 0.0796. The van der Waals surface area contributed by atoms with Crippen LogP contribution in [0.4, 0.5) is 5.69 Å². The fraction of sp³-hybridized carbons (Fsp3) is 0.700. The quantitative estimate of drug-likeness (QED) is 0.688. The second-order valence-electron chi connectivity index (χ2n) is 8.92. The Kier molecular flexibility index (Phi) is 3.42. The van der Waals surface area contributed by atoms with Gasteiger partial charge >= 0.3 is 0 Å². The normalized spacial score (nSPS) is 32.8. The van der Waals surface area contributed by atoms with Gasteiger partial charge in [0.25, 0.3) is 0 Å². The monoisotopic (exact) mass is 314 g/mol. The smallest absolute Gasteiger partial charge is 0.138 e. The lowest BCUT2D eigenvalue weighted by Gasteiger charge is -2.56. The van der Waals surface area contributed by atoms with Gasteiger partial charge in [-0.25, -0.2) is 0 Å². The van der Waals surface area contributed by atoms with Crippen molar-refractivity contribution < 1.29 is 5.11 Å². The third-order valence-electron chi connectivity index (χ3n) is 6.27. The van der Waals surface area contributed by atoms with Gasteiger partial charge < -0.3 is 15.7 Å². The Labute approximate surface area is 139 Å². The molecular formula is C20H30N2O. The van der Waals surface area contributed by atoms with Crippen LogP contribution in [-0.4, -0.2) is 23.2 Å². The maximum Gasteiger partial charge on any atom is 0.138 e. The van der Waals surface area contributed by atoms with E-state index in [2.05, 4.69) is 43.5 Å². The van der Waals surface area contributed by atoms with Crippen molar-refractivity contribution in [3.05, 3.63) is 23.3 Å². The summed E-state index contributed by atoms with van der Waals surface area (Å²) in [5, 5.41) is 17.9. The van der Waals surface area contributed by atoms with Gasteiger partial charge in [-0.05, 0) is 82.2 Å². The minimum atomic E-state index is -0.0415. The summed E-state index contributed by atoms with van der Waals surface area (Å²) in [6.07, 6.45) is 7.70. The van der Waals surface area contributed by atoms with Gasteiger partial charge in [-0.1, -0.05) is 12.8 Å². The first-order valence-corrected chi connectivity index (χ1v) is 9.27. The first-order valence-electron chi connectivity index (χ1n) is 9.27. The van der Waals surface area contributed by atoms with Crippen molar-refractivity contribution in [1.82, 2.24) is 5.32 Å². The highest BCUT2D eigenvalue weighted by atomic mass is 16.3. The molecule has 0 radical (unpaired) electrons. The molecule has 1 heterocycles. The van der Waals surface area contributed by atoms with E-state index in [1.54, 1.807) is 0 Å². The zero-order valence-corrected chi connectivity index (χ0v) is 14.7. The fourth-order valence-electron chi connectivity index (χ4n) is 5.48. The van der Waals surface area contributed by atoms with E-state index in [-0.39, 0.29) is 5.54 Å². The van der Waals surface area contributed by atoms with Crippen molar-refractivity contribution in [2.45, 2.75) is 76.3 Å². The van der Waals surface area contributed by atoms with Gasteiger partial charge in [-0.3, -0.25) is 0 Å². The molecule has 3 aliphatic rings. The number of anilines is 1. The van der Waals surface area contributed by atoms with Crippen LogP contribution < -0.4 is 10.6 Å². The van der Waals surface area contributed by atoms with Crippen molar-refractivity contribution in [2.75, 3.05) is 11.9 Å². The molecule has 1 aliphatic heterocycles. The van der Waals surface area contributed by atoms with Gasteiger partial charge in [0.2, 0.25) is 0 Å². The van der Waals surface area contributed by atoms with E-state index in [4.69, 9.17) is 0 Å². The van der Waals surface area contributed by atoms with Crippen LogP contribution in [0, 0.1) is 5.92 Å². The van der Waals surface area contributed by atoms with E-state index in [0.717, 1.165) is 24.6 Å². The van der Waals surface area contributed by atoms with Gasteiger partial charge in [0.05, 0.1) is 5.69 Å². The van der Waals surface area contributed by atoms with Crippen LogP contribution >= 0.6 is 0 Å². The Balaban J connectivity index is 1.80. The first kappa shape index (κ1) is 15.3. The van der Waals surface area contributed by atoms with E-state index < -0.39 is 0 Å². The summed E-state index contributed by atoms with van der Waals surface area (Å²) >= 11 is 0. The van der Waals surface area contributed by atoms with E-state index in [1.165, 1.54) is 43.2 Å². The summed E-state index contributed by atoms with van der Waals surface area (Å²) in [5.41, 5.74) is 4.07. The Morgan fingerprint density at radius 2 is 2.04 bits per heavy atom. The summed E-state index contributed by atoms with van der Waals surface area (Å²) in [4.78, 5) is 0. The number of benzene rings is 1. The van der Waals surface area contributed by atoms with Crippen LogP contribution in [0.15, 0.2) is 12.1 Å². The average molecular weight is 314 g/mol. The molecule has 3 nitrogen and oxygen atoms in total. The third-order valence-corrected chi connectivity index (χ3v) is 6.27. The zero-order chi connectivity index (χ0) is 16.2. The number of aromatic hydroxyl groups is 1. The molecule has 126 valence electrons. The summed E-state index contributed by atoms with van der Waals surface area (Å²) in [6.45, 7) is 7.54. The van der Waals surface area contributed by atoms with Gasteiger partial charge in [0.15, 0.2) is 0 Å². The highest BCUT2D eigenvalue weighted by Crippen LogP contribution is 2.55. The Hall–Kier alpha value is -1.22. The molecule has 0 amide bonds. The number of phenols is 1. The highest BCUT2D eigenvalue weighted by molar-refractivity contribution is 5.63. The molecular weight excluding hydrogens is 284 g/mol. The molecule has 0 aromatic heterocycles. The average Bonchev–Trinajstić information content (AvgIpc) is 2.48. The molecule has 1 aromatic carbocycles. The molecule has 3 heteroatoms. The number of phenolic OH excluding ortho intramolecular Hbond substituents is 1. The van der Waals surface area contributed by atoms with Crippen molar-refractivity contribution in [2.24, 2.45) is 5.92 Å². The van der Waals surface area contributed by atoms with Crippen LogP contribution in [0.5, 0.6) is 5.75 Å². The van der Waals surface area contributed by atoms with Crippen LogP contribution in [0.2, 0.25) is 0 Å². The molecule has 3 atom stereocenters. The largest absolute Gasteiger partial charge is 0.506 e. The highest BCUT2D eigenvalue weighted by Gasteiger charge is 2.51. The molecule has 1 saturated carbocycles. The van der Waals surface area contributed by atoms with Gasteiger partial charge in [0.1, 0.15) is 5.75 Å². The molecule has 1 aromatic rings. The summed E-state index contributed by atoms with van der Waals surface area (Å²) in [6, 6.07) is 4.95. The van der Waals surface area contributed by atoms with Gasteiger partial charge in [0, 0.05) is 17.0 Å². The molecule has 3 N–H and O–H groups in total. The summed E-state index contributed by atoms with van der Waals surface area (Å²) < 4.78 is 0. The number of nitrogens with one attached hydrogen (secondary N) is 2. The van der Waals surface area contributed by atoms with Crippen molar-refractivity contribution in [3.63, 3.8) is 0 Å². The number of fused-ring (bicyclic) bond motifs is 1. The molecule has 2 fully saturated rings. The van der Waals surface area contributed by atoms with Crippen molar-refractivity contribution >= 4 is 5.69 Å². The van der Waals surface area contributed by atoms with Crippen molar-refractivity contribution in [3.8, 4) is 5.75 Å². The molecule has 2 aliphatic carbocycles. The topological polar surface area (TPSA) is 44.3 Å². The maximum absolute atomic E-state index is 10.6. The van der Waals surface area contributed by atoms with Crippen LogP contribution in [0.3, 0.4) is 0 Å². The van der Waals surface area contributed by atoms with Crippen LogP contribution in [0.1, 0.15) is 64.0 Å². The number of piperidine rings is 1. The second-order valence-corrected chi connectivity index (χ2v) is 8.92. The molecule has 23 heavy (non-hydrogen) atoms. The van der Waals surface area contributed by atoms with E-state index >= 15 is 0 Å². The summed E-state index contributed by atoms with van der Waals surface area (Å²) in [5.74, 6) is 1.19. The number of hydrogen-bond acceptors (Lipinski definition) is 3. The second kappa shape index (κ2) is 5.14. The Bertz CT molecular complexity index is 615. The van der Waals surface area contributed by atoms with Crippen molar-refractivity contribution in [1.29, 1.82) is 0 Å². The Morgan fingerprint density at radius 3 is 2.83 bits per heavy atom. The summed E-state index contributed by atoms with van der Waals surface area (Å²) in [7, 11) is 0.